The van der Waals surface area contributed by atoms with Crippen molar-refractivity contribution in [1.82, 2.24) is 0 Å². The van der Waals surface area contributed by atoms with Crippen molar-refractivity contribution in [3.05, 3.63) is 205 Å². The Balaban J connectivity index is 1.17. The van der Waals surface area contributed by atoms with Gasteiger partial charge < -0.3 is 18.6 Å². The van der Waals surface area contributed by atoms with Crippen molar-refractivity contribution in [1.29, 1.82) is 0 Å². The minimum atomic E-state index is 0.236. The number of furan rings is 2. The number of hydrogen-bond acceptors (Lipinski definition) is 4. The minimum absolute atomic E-state index is 0.236. The molecule has 11 aromatic carbocycles. The van der Waals surface area contributed by atoms with E-state index in [4.69, 9.17) is 8.83 Å². The summed E-state index contributed by atoms with van der Waals surface area (Å²) < 4.78 is 13.7. The van der Waals surface area contributed by atoms with E-state index in [0.717, 1.165) is 78.0 Å². The van der Waals surface area contributed by atoms with Crippen molar-refractivity contribution >= 4 is 121 Å². The lowest BCUT2D eigenvalue weighted by Gasteiger charge is -2.32. The maximum absolute atomic E-state index is 6.89. The minimum Gasteiger partial charge on any atom is -0.454 e. The summed E-state index contributed by atoms with van der Waals surface area (Å²) in [5.41, 5.74) is 12.5. The molecule has 4 heteroatoms. The second kappa shape index (κ2) is 14.7. The van der Waals surface area contributed by atoms with Crippen LogP contribution in [0.5, 0.6) is 0 Å². The van der Waals surface area contributed by atoms with E-state index in [0.29, 0.717) is 0 Å². The Hall–Kier alpha value is -8.08. The zero-order valence-corrected chi connectivity index (χ0v) is 37.3. The molecule has 316 valence electrons. The normalized spacial score (nSPS) is 12.2. The molecule has 0 spiro atoms. The van der Waals surface area contributed by atoms with E-state index in [9.17, 15) is 0 Å². The Morgan fingerprint density at radius 1 is 0.318 bits per heavy atom. The first-order valence-electron chi connectivity index (χ1n) is 23.1. The van der Waals surface area contributed by atoms with E-state index < -0.39 is 0 Å². The topological polar surface area (TPSA) is 32.8 Å². The van der Waals surface area contributed by atoms with E-state index in [1.165, 1.54) is 54.2 Å². The van der Waals surface area contributed by atoms with Gasteiger partial charge in [0, 0.05) is 43.4 Å². The molecule has 0 saturated carbocycles. The van der Waals surface area contributed by atoms with Crippen molar-refractivity contribution in [3.63, 3.8) is 0 Å². The third kappa shape index (κ3) is 5.64. The van der Waals surface area contributed by atoms with E-state index in [-0.39, 0.29) is 11.8 Å². The van der Waals surface area contributed by atoms with Gasteiger partial charge in [0.1, 0.15) is 11.2 Å². The predicted molar refractivity (Wildman–Crippen MR) is 280 cm³/mol. The molecule has 2 aromatic heterocycles. The standard InChI is InChI=1S/C62H46N2O2/c1-37(2)50-35-55(63(40-19-6-5-7-20-40)53-27-15-24-46-42-22-10-12-29-57(42)65-61(46)53)48-33-31-45-51(38(3)4)36-56(49-34-32-44(50)59(48)60(45)49)64(52-26-14-18-39-17-8-9-21-41(39)52)54-28-16-25-47-43-23-11-13-30-58(43)66-62(47)54/h5-38H,1-4H3. The highest BCUT2D eigenvalue weighted by molar-refractivity contribution is 6.30. The molecule has 0 atom stereocenters. The first-order valence-corrected chi connectivity index (χ1v) is 23.1. The van der Waals surface area contributed by atoms with Crippen LogP contribution in [0.1, 0.15) is 50.7 Å². The molecule has 0 aliphatic rings. The first kappa shape index (κ1) is 38.4. The number of anilines is 6. The third-order valence-electron chi connectivity index (χ3n) is 13.9. The van der Waals surface area contributed by atoms with Gasteiger partial charge in [-0.25, -0.2) is 0 Å². The van der Waals surface area contributed by atoms with Crippen LogP contribution in [0, 0.1) is 0 Å². The Morgan fingerprint density at radius 2 is 0.742 bits per heavy atom. The van der Waals surface area contributed by atoms with Crippen molar-refractivity contribution < 1.29 is 8.83 Å². The number of rotatable bonds is 8. The fourth-order valence-corrected chi connectivity index (χ4v) is 10.9. The predicted octanol–water partition coefficient (Wildman–Crippen LogP) is 18.7. The van der Waals surface area contributed by atoms with Crippen LogP contribution >= 0.6 is 0 Å². The monoisotopic (exact) mass is 850 g/mol. The van der Waals surface area contributed by atoms with Crippen molar-refractivity contribution in [3.8, 4) is 0 Å². The second-order valence-electron chi connectivity index (χ2n) is 18.4. The van der Waals surface area contributed by atoms with Gasteiger partial charge in [-0.2, -0.15) is 0 Å². The van der Waals surface area contributed by atoms with Gasteiger partial charge in [-0.3, -0.25) is 0 Å². The van der Waals surface area contributed by atoms with Gasteiger partial charge in [0.15, 0.2) is 11.2 Å². The van der Waals surface area contributed by atoms with Crippen LogP contribution in [0.3, 0.4) is 0 Å². The van der Waals surface area contributed by atoms with Crippen LogP contribution in [0.2, 0.25) is 0 Å². The maximum atomic E-state index is 6.89. The maximum Gasteiger partial charge on any atom is 0.159 e. The van der Waals surface area contributed by atoms with Gasteiger partial charge in [-0.05, 0) is 104 Å². The Morgan fingerprint density at radius 3 is 1.32 bits per heavy atom. The summed E-state index contributed by atoms with van der Waals surface area (Å²) in [6.07, 6.45) is 0. The SMILES string of the molecule is CC(C)c1cc(N(c2ccccc2)c2cccc3c2oc2ccccc23)c2ccc3c(C(C)C)cc(N(c4cccc5ccccc45)c4cccc5c4oc4ccccc45)c4ccc1c2c34. The highest BCUT2D eigenvalue weighted by atomic mass is 16.3. The number of fused-ring (bicyclic) bond motifs is 7. The molecule has 0 aliphatic carbocycles. The lowest BCUT2D eigenvalue weighted by molar-refractivity contribution is 0.669. The van der Waals surface area contributed by atoms with E-state index in [1.54, 1.807) is 0 Å². The van der Waals surface area contributed by atoms with E-state index in [1.807, 2.05) is 6.07 Å². The number of nitrogens with zero attached hydrogens (tertiary/aromatic N) is 2. The lowest BCUT2D eigenvalue weighted by atomic mass is 9.84. The van der Waals surface area contributed by atoms with Gasteiger partial charge >= 0.3 is 0 Å². The Labute approximate surface area is 382 Å². The highest BCUT2D eigenvalue weighted by Crippen LogP contribution is 2.53. The molecular weight excluding hydrogens is 805 g/mol. The average molecular weight is 851 g/mol. The fraction of sp³-hybridized carbons (Fsp3) is 0.0968. The molecule has 13 aromatic rings. The Kier molecular flexibility index (Phi) is 8.57. The summed E-state index contributed by atoms with van der Waals surface area (Å²) >= 11 is 0. The molecule has 0 unspecified atom stereocenters. The molecule has 0 aliphatic heterocycles. The number of para-hydroxylation sites is 5. The quantitative estimate of drug-likeness (QED) is 0.143. The van der Waals surface area contributed by atoms with Crippen LogP contribution in [0.4, 0.5) is 34.1 Å². The fourth-order valence-electron chi connectivity index (χ4n) is 10.9. The van der Waals surface area contributed by atoms with E-state index >= 15 is 0 Å². The summed E-state index contributed by atoms with van der Waals surface area (Å²) in [4.78, 5) is 4.91. The van der Waals surface area contributed by atoms with Crippen LogP contribution in [0.15, 0.2) is 203 Å². The van der Waals surface area contributed by atoms with Crippen molar-refractivity contribution in [2.75, 3.05) is 9.80 Å². The van der Waals surface area contributed by atoms with Crippen LogP contribution in [-0.2, 0) is 0 Å². The average Bonchev–Trinajstić information content (AvgIpc) is 3.94. The molecule has 0 fully saturated rings. The third-order valence-corrected chi connectivity index (χ3v) is 13.9. The summed E-state index contributed by atoms with van der Waals surface area (Å²) in [6.45, 7) is 9.30. The molecule has 0 amide bonds. The molecule has 0 radical (unpaired) electrons. The smallest absolute Gasteiger partial charge is 0.159 e. The van der Waals surface area contributed by atoms with Crippen LogP contribution in [0.25, 0.3) is 87.0 Å². The van der Waals surface area contributed by atoms with Gasteiger partial charge in [-0.1, -0.05) is 167 Å². The summed E-state index contributed by atoms with van der Waals surface area (Å²) in [6, 6.07) is 70.5. The molecule has 4 nitrogen and oxygen atoms in total. The first-order chi connectivity index (χ1) is 32.4. The molecule has 0 saturated heterocycles. The van der Waals surface area contributed by atoms with Crippen LogP contribution in [-0.4, -0.2) is 0 Å². The van der Waals surface area contributed by atoms with E-state index in [2.05, 4.69) is 226 Å². The van der Waals surface area contributed by atoms with Crippen molar-refractivity contribution in [2.45, 2.75) is 39.5 Å². The van der Waals surface area contributed by atoms with Gasteiger partial charge in [0.25, 0.3) is 0 Å². The number of hydrogen-bond donors (Lipinski definition) is 0. The van der Waals surface area contributed by atoms with Gasteiger partial charge in [0.05, 0.1) is 28.4 Å². The summed E-state index contributed by atoms with van der Waals surface area (Å²) in [5, 5.41) is 14.3. The number of benzene rings is 11. The van der Waals surface area contributed by atoms with Crippen molar-refractivity contribution in [2.24, 2.45) is 0 Å². The molecule has 2 heterocycles. The molecule has 0 bridgehead atoms. The highest BCUT2D eigenvalue weighted by Gasteiger charge is 2.29. The van der Waals surface area contributed by atoms with Gasteiger partial charge in [0.2, 0.25) is 0 Å². The molecular formula is C62H46N2O2. The largest absolute Gasteiger partial charge is 0.454 e. The molecule has 13 rings (SSSR count). The summed E-state index contributed by atoms with van der Waals surface area (Å²) in [5.74, 6) is 0.482. The molecule has 0 N–H and O–H groups in total. The zero-order valence-electron chi connectivity index (χ0n) is 37.3. The summed E-state index contributed by atoms with van der Waals surface area (Å²) in [7, 11) is 0. The molecule has 66 heavy (non-hydrogen) atoms. The van der Waals surface area contributed by atoms with Gasteiger partial charge in [-0.15, -0.1) is 0 Å². The Bertz CT molecular complexity index is 4020. The second-order valence-corrected chi connectivity index (χ2v) is 18.4. The lowest BCUT2D eigenvalue weighted by Crippen LogP contribution is -2.13. The zero-order chi connectivity index (χ0) is 44.2. The van der Waals surface area contributed by atoms with Crippen LogP contribution < -0.4 is 9.80 Å².